The van der Waals surface area contributed by atoms with E-state index in [0.717, 1.165) is 36.9 Å². The third-order valence-corrected chi connectivity index (χ3v) is 4.92. The molecule has 0 saturated carbocycles. The predicted octanol–water partition coefficient (Wildman–Crippen LogP) is 2.10. The van der Waals surface area contributed by atoms with E-state index in [1.165, 1.54) is 0 Å². The summed E-state index contributed by atoms with van der Waals surface area (Å²) in [7, 11) is -2.93. The zero-order valence-electron chi connectivity index (χ0n) is 13.5. The van der Waals surface area contributed by atoms with Gasteiger partial charge in [0, 0.05) is 12.1 Å². The van der Waals surface area contributed by atoms with E-state index in [0.29, 0.717) is 5.56 Å². The molecule has 0 amide bonds. The number of rotatable bonds is 6. The minimum absolute atomic E-state index is 0.195. The zero-order chi connectivity index (χ0) is 18.6. The molecule has 8 nitrogen and oxygen atoms in total. The lowest BCUT2D eigenvalue weighted by Gasteiger charge is -2.17. The van der Waals surface area contributed by atoms with Crippen LogP contribution in [-0.4, -0.2) is 26.4 Å². The Bertz CT molecular complexity index is 876. The molecule has 2 aromatic carbocycles. The molecule has 0 unspecified atom stereocenters. The Morgan fingerprint density at radius 3 is 2.16 bits per heavy atom. The van der Waals surface area contributed by atoms with E-state index in [-0.39, 0.29) is 10.6 Å². The van der Waals surface area contributed by atoms with E-state index in [4.69, 9.17) is 0 Å². The molecular formula is C16H16N2O6S. The summed E-state index contributed by atoms with van der Waals surface area (Å²) in [6, 6.07) is 9.85. The van der Waals surface area contributed by atoms with Gasteiger partial charge in [0.2, 0.25) is 10.0 Å². The van der Waals surface area contributed by atoms with Gasteiger partial charge in [0.05, 0.1) is 16.9 Å². The second-order valence-electron chi connectivity index (χ2n) is 5.24. The molecule has 0 aromatic heterocycles. The van der Waals surface area contributed by atoms with Crippen molar-refractivity contribution in [3.8, 4) is 0 Å². The van der Waals surface area contributed by atoms with Crippen molar-refractivity contribution in [2.75, 3.05) is 7.11 Å². The lowest BCUT2D eigenvalue weighted by molar-refractivity contribution is -0.384. The third kappa shape index (κ3) is 4.40. The number of nitrogens with zero attached hydrogens (tertiary/aromatic N) is 1. The van der Waals surface area contributed by atoms with Gasteiger partial charge in [-0.1, -0.05) is 29.8 Å². The first kappa shape index (κ1) is 18.6. The summed E-state index contributed by atoms with van der Waals surface area (Å²) >= 11 is 0. The molecule has 0 radical (unpaired) electrons. The highest BCUT2D eigenvalue weighted by atomic mass is 32.2. The van der Waals surface area contributed by atoms with Crippen molar-refractivity contribution in [3.63, 3.8) is 0 Å². The number of nitro benzene ring substituents is 1. The topological polar surface area (TPSA) is 116 Å². The smallest absolute Gasteiger partial charge is 0.328 e. The molecule has 0 bridgehead atoms. The van der Waals surface area contributed by atoms with Gasteiger partial charge in [-0.05, 0) is 24.6 Å². The van der Waals surface area contributed by atoms with Crippen LogP contribution in [0.2, 0.25) is 0 Å². The third-order valence-electron chi connectivity index (χ3n) is 3.48. The van der Waals surface area contributed by atoms with E-state index in [1.54, 1.807) is 24.3 Å². The van der Waals surface area contributed by atoms with Crippen molar-refractivity contribution in [1.29, 1.82) is 0 Å². The first-order valence-corrected chi connectivity index (χ1v) is 8.64. The molecule has 0 heterocycles. The minimum atomic E-state index is -4.09. The van der Waals surface area contributed by atoms with Gasteiger partial charge in [-0.3, -0.25) is 10.1 Å². The van der Waals surface area contributed by atoms with Crippen molar-refractivity contribution in [2.45, 2.75) is 17.9 Å². The van der Waals surface area contributed by atoms with E-state index in [9.17, 15) is 23.3 Å². The van der Waals surface area contributed by atoms with Crippen LogP contribution in [0.5, 0.6) is 0 Å². The quantitative estimate of drug-likeness (QED) is 0.477. The van der Waals surface area contributed by atoms with Crippen LogP contribution < -0.4 is 4.72 Å². The number of ether oxygens (including phenoxy) is 1. The average Bonchev–Trinajstić information content (AvgIpc) is 2.60. The van der Waals surface area contributed by atoms with E-state index < -0.39 is 27.0 Å². The van der Waals surface area contributed by atoms with Crippen molar-refractivity contribution < 1.29 is 22.9 Å². The standard InChI is InChI=1S/C16H16N2O6S/c1-11-3-5-12(6-4-11)15(16(19)24-2)17-25(22,23)14-9-7-13(8-10-14)18(20)21/h3-10,15,17H,1-2H3/t15-/m1/s1. The molecule has 1 atom stereocenters. The SMILES string of the molecule is COC(=O)[C@H](NS(=O)(=O)c1ccc([N+](=O)[O-])cc1)c1ccc(C)cc1. The number of hydrogen-bond donors (Lipinski definition) is 1. The largest absolute Gasteiger partial charge is 0.468 e. The summed E-state index contributed by atoms with van der Waals surface area (Å²) in [6.45, 7) is 1.86. The predicted molar refractivity (Wildman–Crippen MR) is 89.4 cm³/mol. The maximum atomic E-state index is 12.5. The fourth-order valence-corrected chi connectivity index (χ4v) is 3.27. The minimum Gasteiger partial charge on any atom is -0.468 e. The Kier molecular flexibility index (Phi) is 5.50. The van der Waals surface area contributed by atoms with Gasteiger partial charge in [-0.15, -0.1) is 0 Å². The fraction of sp³-hybridized carbons (Fsp3) is 0.188. The summed E-state index contributed by atoms with van der Waals surface area (Å²) in [4.78, 5) is 21.8. The zero-order valence-corrected chi connectivity index (χ0v) is 14.3. The molecular weight excluding hydrogens is 348 g/mol. The molecule has 132 valence electrons. The molecule has 0 aliphatic carbocycles. The normalized spacial score (nSPS) is 12.4. The fourth-order valence-electron chi connectivity index (χ4n) is 2.10. The molecule has 0 aliphatic heterocycles. The van der Waals surface area contributed by atoms with Gasteiger partial charge >= 0.3 is 5.97 Å². The van der Waals surface area contributed by atoms with Crippen LogP contribution >= 0.6 is 0 Å². The van der Waals surface area contributed by atoms with Gasteiger partial charge < -0.3 is 4.74 Å². The molecule has 0 saturated heterocycles. The second-order valence-corrected chi connectivity index (χ2v) is 6.95. The number of nitrogens with one attached hydrogen (secondary N) is 1. The second kappa shape index (κ2) is 7.41. The van der Waals surface area contributed by atoms with Gasteiger partial charge in [0.15, 0.2) is 0 Å². The van der Waals surface area contributed by atoms with Crippen LogP contribution in [0.4, 0.5) is 5.69 Å². The number of nitro groups is 1. The van der Waals surface area contributed by atoms with Gasteiger partial charge in [-0.2, -0.15) is 4.72 Å². The van der Waals surface area contributed by atoms with Gasteiger partial charge in [0.1, 0.15) is 6.04 Å². The van der Waals surface area contributed by atoms with Crippen LogP contribution in [0.1, 0.15) is 17.2 Å². The van der Waals surface area contributed by atoms with E-state index >= 15 is 0 Å². The summed E-state index contributed by atoms with van der Waals surface area (Å²) in [5.41, 5.74) is 1.13. The molecule has 0 fully saturated rings. The van der Waals surface area contributed by atoms with Crippen LogP contribution in [0.25, 0.3) is 0 Å². The lowest BCUT2D eigenvalue weighted by atomic mass is 10.1. The molecule has 0 aliphatic rings. The molecule has 0 spiro atoms. The Labute approximate surface area is 144 Å². The van der Waals surface area contributed by atoms with Crippen molar-refractivity contribution in [1.82, 2.24) is 4.72 Å². The van der Waals surface area contributed by atoms with E-state index in [2.05, 4.69) is 9.46 Å². The van der Waals surface area contributed by atoms with Crippen LogP contribution in [0.3, 0.4) is 0 Å². The number of carbonyl (C=O) groups excluding carboxylic acids is 1. The summed E-state index contributed by atoms with van der Waals surface area (Å²) in [5.74, 6) is -0.769. The van der Waals surface area contributed by atoms with Crippen molar-refractivity contribution in [2.24, 2.45) is 0 Å². The van der Waals surface area contributed by atoms with Crippen LogP contribution in [0.15, 0.2) is 53.4 Å². The summed E-state index contributed by atoms with van der Waals surface area (Å²) in [5, 5.41) is 10.7. The molecule has 2 rings (SSSR count). The first-order chi connectivity index (χ1) is 11.7. The Balaban J connectivity index is 2.34. The summed E-state index contributed by atoms with van der Waals surface area (Å²) < 4.78 is 31.9. The van der Waals surface area contributed by atoms with Crippen molar-refractivity contribution in [3.05, 3.63) is 69.8 Å². The number of aryl methyl sites for hydroxylation is 1. The number of sulfonamides is 1. The highest BCUT2D eigenvalue weighted by Crippen LogP contribution is 2.21. The molecule has 1 N–H and O–H groups in total. The van der Waals surface area contributed by atoms with Crippen LogP contribution in [-0.2, 0) is 19.6 Å². The maximum Gasteiger partial charge on any atom is 0.328 e. The number of non-ortho nitro benzene ring substituents is 1. The number of methoxy groups -OCH3 is 1. The number of carbonyl (C=O) groups is 1. The van der Waals surface area contributed by atoms with Crippen LogP contribution in [0, 0.1) is 17.0 Å². The number of esters is 1. The Morgan fingerprint density at radius 1 is 1.12 bits per heavy atom. The maximum absolute atomic E-state index is 12.5. The van der Waals surface area contributed by atoms with E-state index in [1.807, 2.05) is 6.92 Å². The monoisotopic (exact) mass is 364 g/mol. The molecule has 9 heteroatoms. The van der Waals surface area contributed by atoms with Crippen molar-refractivity contribution >= 4 is 21.7 Å². The highest BCUT2D eigenvalue weighted by molar-refractivity contribution is 7.89. The molecule has 25 heavy (non-hydrogen) atoms. The average molecular weight is 364 g/mol. The Morgan fingerprint density at radius 2 is 1.68 bits per heavy atom. The first-order valence-electron chi connectivity index (χ1n) is 7.16. The summed E-state index contributed by atoms with van der Waals surface area (Å²) in [6.07, 6.45) is 0. The number of hydrogen-bond acceptors (Lipinski definition) is 6. The molecule has 2 aromatic rings. The highest BCUT2D eigenvalue weighted by Gasteiger charge is 2.28. The number of benzene rings is 2. The lowest BCUT2D eigenvalue weighted by Crippen LogP contribution is -2.34. The van der Waals surface area contributed by atoms with Gasteiger partial charge in [-0.25, -0.2) is 13.2 Å². The Hall–Kier alpha value is -2.78. The van der Waals surface area contributed by atoms with Gasteiger partial charge in [0.25, 0.3) is 5.69 Å².